The minimum absolute atomic E-state index is 0.414. The van der Waals surface area contributed by atoms with Crippen molar-refractivity contribution < 1.29 is 14.9 Å². The van der Waals surface area contributed by atoms with Crippen molar-refractivity contribution >= 4 is 13.2 Å². The lowest BCUT2D eigenvalue weighted by atomic mass is 10.1. The summed E-state index contributed by atoms with van der Waals surface area (Å²) >= 11 is 0. The zero-order valence-electron chi connectivity index (χ0n) is 15.1. The van der Waals surface area contributed by atoms with Crippen molar-refractivity contribution in [1.29, 1.82) is 0 Å². The normalized spacial score (nSPS) is 26.9. The second kappa shape index (κ2) is 8.04. The third kappa shape index (κ3) is 4.94. The molecule has 1 aliphatic rings. The van der Waals surface area contributed by atoms with Crippen molar-refractivity contribution in [2.24, 2.45) is 0 Å². The molecule has 25 heavy (non-hydrogen) atoms. The highest BCUT2D eigenvalue weighted by atomic mass is 31.2. The van der Waals surface area contributed by atoms with Gasteiger partial charge in [-0.1, -0.05) is 13.3 Å². The topological polar surface area (TPSA) is 105 Å². The van der Waals surface area contributed by atoms with Crippen molar-refractivity contribution in [2.75, 3.05) is 19.5 Å². The lowest BCUT2D eigenvalue weighted by Gasteiger charge is -2.19. The quantitative estimate of drug-likeness (QED) is 0.608. The average Bonchev–Trinajstić information content (AvgIpc) is 2.80. The molecule has 0 spiro atoms. The van der Waals surface area contributed by atoms with Crippen LogP contribution in [-0.2, 0) is 11.2 Å². The number of rotatable bonds is 7. The minimum atomic E-state index is -1.28. The maximum atomic E-state index is 12.2. The molecule has 0 bridgehead atoms. The van der Waals surface area contributed by atoms with Crippen LogP contribution in [0.15, 0.2) is 15.8 Å². The number of H-pyrrole nitrogens is 1. The highest BCUT2D eigenvalue weighted by Crippen LogP contribution is 2.39. The molecule has 2 rings (SSSR count). The summed E-state index contributed by atoms with van der Waals surface area (Å²) in [5.74, 6) is 0. The minimum Gasteiger partial charge on any atom is -0.388 e. The first kappa shape index (κ1) is 20.2. The summed E-state index contributed by atoms with van der Waals surface area (Å²) in [4.78, 5) is 26.3. The number of nitrogens with zero attached hydrogens (tertiary/aromatic N) is 1. The van der Waals surface area contributed by atoms with Crippen molar-refractivity contribution in [1.82, 2.24) is 9.55 Å². The van der Waals surface area contributed by atoms with E-state index in [1.807, 2.05) is 6.92 Å². The molecule has 3 N–H and O–H groups in total. The van der Waals surface area contributed by atoms with Gasteiger partial charge in [-0.25, -0.2) is 4.79 Å². The largest absolute Gasteiger partial charge is 0.388 e. The molecule has 4 atom stereocenters. The van der Waals surface area contributed by atoms with Crippen LogP contribution in [0.25, 0.3) is 0 Å². The zero-order chi connectivity index (χ0) is 18.8. The molecule has 2 heterocycles. The van der Waals surface area contributed by atoms with Gasteiger partial charge in [0.2, 0.25) is 0 Å². The Labute approximate surface area is 147 Å². The number of hydrogen-bond donors (Lipinski definition) is 3. The number of aliphatic hydroxyl groups is 2. The molecular formula is C17H29N2O5P. The number of aromatic amines is 1. The fourth-order valence-electron chi connectivity index (χ4n) is 2.94. The monoisotopic (exact) mass is 372 g/mol. The third-order valence-electron chi connectivity index (χ3n) is 4.47. The van der Waals surface area contributed by atoms with Crippen molar-refractivity contribution in [3.63, 3.8) is 0 Å². The van der Waals surface area contributed by atoms with E-state index in [0.717, 1.165) is 19.0 Å². The van der Waals surface area contributed by atoms with Gasteiger partial charge in [0.1, 0.15) is 12.2 Å². The standard InChI is InChI=1S/C17H29N2O5P/c1-5-6-7-11-10-19(17(23)18-15(11)22)16-14(21)13(20)12(24-16)8-9-25(2,3)4/h10,12-14,16,20-21H,2,5-9H2,1,3-4H3,(H,18,22,23)/t12-,13-,14-,16?/m1/s1. The Morgan fingerprint density at radius 1 is 1.32 bits per heavy atom. The van der Waals surface area contributed by atoms with E-state index < -0.39 is 42.7 Å². The Hall–Kier alpha value is -1.14. The highest BCUT2D eigenvalue weighted by Gasteiger charge is 2.43. The van der Waals surface area contributed by atoms with Crippen LogP contribution < -0.4 is 11.2 Å². The lowest BCUT2D eigenvalue weighted by Crippen LogP contribution is -2.38. The molecule has 1 unspecified atom stereocenters. The first-order valence-electron chi connectivity index (χ1n) is 8.67. The van der Waals surface area contributed by atoms with E-state index >= 15 is 0 Å². The number of ether oxygens (including phenoxy) is 1. The first-order chi connectivity index (χ1) is 11.6. The molecule has 0 aromatic carbocycles. The summed E-state index contributed by atoms with van der Waals surface area (Å²) in [6.07, 6.45) is 5.39. The Bertz CT molecular complexity index is 750. The fraction of sp³-hybridized carbons (Fsp3) is 0.706. The molecule has 0 saturated carbocycles. The van der Waals surface area contributed by atoms with Crippen LogP contribution in [0.3, 0.4) is 0 Å². The maximum absolute atomic E-state index is 12.2. The number of aromatic nitrogens is 2. The number of nitrogens with one attached hydrogen (secondary N) is 1. The van der Waals surface area contributed by atoms with Gasteiger partial charge < -0.3 is 14.9 Å². The zero-order valence-corrected chi connectivity index (χ0v) is 16.0. The summed E-state index contributed by atoms with van der Waals surface area (Å²) < 4.78 is 6.96. The molecule has 1 aliphatic heterocycles. The van der Waals surface area contributed by atoms with Gasteiger partial charge in [0.05, 0.1) is 6.10 Å². The number of aryl methyl sites for hydroxylation is 1. The van der Waals surface area contributed by atoms with E-state index in [-0.39, 0.29) is 0 Å². The molecule has 1 aromatic heterocycles. The average molecular weight is 372 g/mol. The number of aliphatic hydroxyl groups excluding tert-OH is 2. The van der Waals surface area contributed by atoms with Gasteiger partial charge in [-0.15, -0.1) is 13.2 Å². The molecule has 7 nitrogen and oxygen atoms in total. The summed E-state index contributed by atoms with van der Waals surface area (Å²) in [6.45, 7) is 4.92. The van der Waals surface area contributed by atoms with E-state index in [9.17, 15) is 19.8 Å². The summed E-state index contributed by atoms with van der Waals surface area (Å²) in [5, 5.41) is 20.6. The van der Waals surface area contributed by atoms with E-state index in [0.29, 0.717) is 18.4 Å². The highest BCUT2D eigenvalue weighted by molar-refractivity contribution is 7.72. The second-order valence-corrected chi connectivity index (χ2v) is 11.7. The Balaban J connectivity index is 2.24. The van der Waals surface area contributed by atoms with Crippen molar-refractivity contribution in [3.8, 4) is 0 Å². The predicted molar refractivity (Wildman–Crippen MR) is 101 cm³/mol. The molecule has 8 heteroatoms. The van der Waals surface area contributed by atoms with E-state index in [1.165, 1.54) is 10.8 Å². The van der Waals surface area contributed by atoms with Gasteiger partial charge >= 0.3 is 5.69 Å². The van der Waals surface area contributed by atoms with Crippen molar-refractivity contribution in [2.45, 2.75) is 57.1 Å². The van der Waals surface area contributed by atoms with Crippen LogP contribution in [0, 0.1) is 0 Å². The van der Waals surface area contributed by atoms with E-state index in [2.05, 4.69) is 24.6 Å². The molecule has 0 amide bonds. The second-order valence-electron chi connectivity index (χ2n) is 7.42. The van der Waals surface area contributed by atoms with Crippen LogP contribution in [0.2, 0.25) is 0 Å². The summed E-state index contributed by atoms with van der Waals surface area (Å²) in [6, 6.07) is 0. The molecule has 0 radical (unpaired) electrons. The molecule has 0 aliphatic carbocycles. The summed E-state index contributed by atoms with van der Waals surface area (Å²) in [5.41, 5.74) is -0.588. The van der Waals surface area contributed by atoms with Gasteiger partial charge in [-0.2, -0.15) is 0 Å². The van der Waals surface area contributed by atoms with E-state index in [1.54, 1.807) is 0 Å². The van der Waals surface area contributed by atoms with Gasteiger partial charge in [0, 0.05) is 11.8 Å². The number of hydrogen-bond acceptors (Lipinski definition) is 5. The molecule has 1 aromatic rings. The van der Waals surface area contributed by atoms with Crippen LogP contribution in [0.1, 0.15) is 38.0 Å². The SMILES string of the molecule is C=P(C)(C)CC[C@H]1OC(n2cc(CCCC)c(=O)[nH]c2=O)[C@H](O)[C@@H]1O. The summed E-state index contributed by atoms with van der Waals surface area (Å²) in [7, 11) is 0. The molecular weight excluding hydrogens is 343 g/mol. The Morgan fingerprint density at radius 3 is 2.60 bits per heavy atom. The predicted octanol–water partition coefficient (Wildman–Crippen LogP) is 0.598. The lowest BCUT2D eigenvalue weighted by molar-refractivity contribution is -0.0404. The molecule has 142 valence electrons. The first-order valence-corrected chi connectivity index (χ1v) is 11.7. The van der Waals surface area contributed by atoms with Crippen molar-refractivity contribution in [3.05, 3.63) is 32.6 Å². The fourth-order valence-corrected chi connectivity index (χ4v) is 3.89. The van der Waals surface area contributed by atoms with Crippen LogP contribution >= 0.6 is 6.89 Å². The van der Waals surface area contributed by atoms with Gasteiger partial charge in [-0.3, -0.25) is 14.3 Å². The Morgan fingerprint density at radius 2 is 2.00 bits per heavy atom. The van der Waals surface area contributed by atoms with Gasteiger partial charge in [0.25, 0.3) is 5.56 Å². The van der Waals surface area contributed by atoms with Crippen LogP contribution in [0.5, 0.6) is 0 Å². The third-order valence-corrected chi connectivity index (χ3v) is 5.94. The number of unbranched alkanes of at least 4 members (excludes halogenated alkanes) is 1. The van der Waals surface area contributed by atoms with Crippen LogP contribution in [0.4, 0.5) is 0 Å². The smallest absolute Gasteiger partial charge is 0.330 e. The molecule has 1 saturated heterocycles. The Kier molecular flexibility index (Phi) is 6.49. The van der Waals surface area contributed by atoms with E-state index in [4.69, 9.17) is 4.74 Å². The van der Waals surface area contributed by atoms with Crippen LogP contribution in [-0.4, -0.2) is 63.9 Å². The van der Waals surface area contributed by atoms with Gasteiger partial charge in [0.15, 0.2) is 6.23 Å². The molecule has 1 fully saturated rings. The maximum Gasteiger partial charge on any atom is 0.330 e. The van der Waals surface area contributed by atoms with Gasteiger partial charge in [-0.05, 0) is 38.8 Å².